The Morgan fingerprint density at radius 3 is 2.45 bits per heavy atom. The van der Waals surface area contributed by atoms with E-state index in [0.717, 1.165) is 30.5 Å². The van der Waals surface area contributed by atoms with Gasteiger partial charge in [0.05, 0.1) is 17.5 Å². The van der Waals surface area contributed by atoms with Gasteiger partial charge in [-0.1, -0.05) is 0 Å². The highest BCUT2D eigenvalue weighted by Crippen LogP contribution is 2.21. The predicted octanol–water partition coefficient (Wildman–Crippen LogP) is 2.59. The molecule has 0 unspecified atom stereocenters. The fourth-order valence-corrected chi connectivity index (χ4v) is 2.33. The second-order valence-electron chi connectivity index (χ2n) is 5.54. The van der Waals surface area contributed by atoms with Gasteiger partial charge in [-0.3, -0.25) is 4.72 Å². The molecule has 1 aromatic carbocycles. The van der Waals surface area contributed by atoms with Crippen LogP contribution in [0.3, 0.4) is 0 Å². The number of anilines is 2. The number of rotatable bonds is 7. The first-order valence-corrected chi connectivity index (χ1v) is 8.39. The van der Waals surface area contributed by atoms with E-state index in [9.17, 15) is 8.42 Å². The van der Waals surface area contributed by atoms with Crippen molar-refractivity contribution < 1.29 is 13.2 Å². The zero-order valence-corrected chi connectivity index (χ0v) is 13.6. The third-order valence-corrected chi connectivity index (χ3v) is 3.72. The van der Waals surface area contributed by atoms with Gasteiger partial charge in [0.15, 0.2) is 0 Å². The van der Waals surface area contributed by atoms with E-state index in [2.05, 4.69) is 10.0 Å². The molecule has 5 nitrogen and oxygen atoms in total. The largest absolute Gasteiger partial charge is 0.385 e. The van der Waals surface area contributed by atoms with E-state index in [0.29, 0.717) is 5.69 Å². The number of benzene rings is 1. The summed E-state index contributed by atoms with van der Waals surface area (Å²) < 4.78 is 30.3. The van der Waals surface area contributed by atoms with Gasteiger partial charge in [0, 0.05) is 19.3 Å². The zero-order valence-electron chi connectivity index (χ0n) is 12.8. The number of nitrogens with one attached hydrogen (secondary N) is 2. The van der Waals surface area contributed by atoms with Gasteiger partial charge in [-0.25, -0.2) is 8.42 Å². The van der Waals surface area contributed by atoms with Crippen LogP contribution in [0.2, 0.25) is 0 Å². The van der Waals surface area contributed by atoms with E-state index < -0.39 is 10.0 Å². The summed E-state index contributed by atoms with van der Waals surface area (Å²) in [4.78, 5) is 0. The quantitative estimate of drug-likeness (QED) is 0.812. The first-order chi connectivity index (χ1) is 9.13. The molecule has 0 fully saturated rings. The minimum absolute atomic E-state index is 0.153. The van der Waals surface area contributed by atoms with Gasteiger partial charge in [0.25, 0.3) is 0 Å². The summed E-state index contributed by atoms with van der Waals surface area (Å²) >= 11 is 0. The average molecular weight is 300 g/mol. The number of aryl methyl sites for hydroxylation is 1. The van der Waals surface area contributed by atoms with Crippen molar-refractivity contribution in [3.8, 4) is 0 Å². The summed E-state index contributed by atoms with van der Waals surface area (Å²) in [5.41, 5.74) is 2.30. The Labute approximate surface area is 121 Å². The molecule has 0 heterocycles. The van der Waals surface area contributed by atoms with Crippen LogP contribution in [0.15, 0.2) is 18.2 Å². The van der Waals surface area contributed by atoms with Crippen molar-refractivity contribution in [2.45, 2.75) is 32.8 Å². The van der Waals surface area contributed by atoms with Crippen molar-refractivity contribution in [1.82, 2.24) is 0 Å². The third kappa shape index (κ3) is 5.79. The molecule has 0 radical (unpaired) electrons. The van der Waals surface area contributed by atoms with Gasteiger partial charge < -0.3 is 10.1 Å². The maximum absolute atomic E-state index is 11.2. The molecular weight excluding hydrogens is 276 g/mol. The Morgan fingerprint density at radius 2 is 1.95 bits per heavy atom. The first-order valence-electron chi connectivity index (χ1n) is 6.50. The predicted molar refractivity (Wildman–Crippen MR) is 83.8 cm³/mol. The van der Waals surface area contributed by atoms with Crippen molar-refractivity contribution in [3.05, 3.63) is 23.8 Å². The normalized spacial score (nSPS) is 12.2. The standard InChI is InChI=1S/C14H24N2O3S/c1-11-10-12(15-9-8-14(2,3)19-4)6-7-13(11)16-20(5,17)18/h6-7,10,15-16H,8-9H2,1-5H3. The topological polar surface area (TPSA) is 67.4 Å². The van der Waals surface area contributed by atoms with E-state index in [1.165, 1.54) is 0 Å². The van der Waals surface area contributed by atoms with Gasteiger partial charge in [0.1, 0.15) is 0 Å². The van der Waals surface area contributed by atoms with E-state index in [1.807, 2.05) is 32.9 Å². The van der Waals surface area contributed by atoms with Gasteiger partial charge in [-0.15, -0.1) is 0 Å². The monoisotopic (exact) mass is 300 g/mol. The lowest BCUT2D eigenvalue weighted by Crippen LogP contribution is -2.25. The zero-order chi connectivity index (χ0) is 15.4. The second-order valence-corrected chi connectivity index (χ2v) is 7.29. The molecule has 1 aromatic rings. The lowest BCUT2D eigenvalue weighted by Gasteiger charge is -2.23. The summed E-state index contributed by atoms with van der Waals surface area (Å²) in [6, 6.07) is 5.55. The average Bonchev–Trinajstić information content (AvgIpc) is 2.31. The summed E-state index contributed by atoms with van der Waals surface area (Å²) in [6.45, 7) is 6.75. The summed E-state index contributed by atoms with van der Waals surface area (Å²) in [6.07, 6.45) is 2.03. The highest BCUT2D eigenvalue weighted by Gasteiger charge is 2.15. The van der Waals surface area contributed by atoms with E-state index in [-0.39, 0.29) is 5.60 Å². The van der Waals surface area contributed by atoms with Crippen molar-refractivity contribution in [3.63, 3.8) is 0 Å². The molecule has 20 heavy (non-hydrogen) atoms. The Hall–Kier alpha value is -1.27. The van der Waals surface area contributed by atoms with Crippen LogP contribution in [0.25, 0.3) is 0 Å². The Kier molecular flexibility index (Phi) is 5.42. The van der Waals surface area contributed by atoms with Crippen molar-refractivity contribution in [2.75, 3.05) is 29.9 Å². The fourth-order valence-electron chi connectivity index (χ4n) is 1.70. The lowest BCUT2D eigenvalue weighted by atomic mass is 10.1. The highest BCUT2D eigenvalue weighted by atomic mass is 32.2. The van der Waals surface area contributed by atoms with Crippen LogP contribution in [0.4, 0.5) is 11.4 Å². The molecule has 0 bridgehead atoms. The highest BCUT2D eigenvalue weighted by molar-refractivity contribution is 7.92. The molecule has 6 heteroatoms. The first kappa shape index (κ1) is 16.8. The van der Waals surface area contributed by atoms with E-state index >= 15 is 0 Å². The van der Waals surface area contributed by atoms with Crippen molar-refractivity contribution in [1.29, 1.82) is 0 Å². The number of sulfonamides is 1. The van der Waals surface area contributed by atoms with Gasteiger partial charge in [0.2, 0.25) is 10.0 Å². The van der Waals surface area contributed by atoms with E-state index in [4.69, 9.17) is 4.74 Å². The van der Waals surface area contributed by atoms with Crippen LogP contribution in [0.5, 0.6) is 0 Å². The van der Waals surface area contributed by atoms with Crippen LogP contribution in [0.1, 0.15) is 25.8 Å². The number of hydrogen-bond acceptors (Lipinski definition) is 4. The molecule has 114 valence electrons. The molecule has 0 atom stereocenters. The molecule has 2 N–H and O–H groups in total. The lowest BCUT2D eigenvalue weighted by molar-refractivity contribution is 0.0185. The summed E-state index contributed by atoms with van der Waals surface area (Å²) in [7, 11) is -1.53. The minimum Gasteiger partial charge on any atom is -0.385 e. The molecular formula is C14H24N2O3S. The molecule has 0 spiro atoms. The maximum atomic E-state index is 11.2. The van der Waals surface area contributed by atoms with E-state index in [1.54, 1.807) is 13.2 Å². The number of ether oxygens (including phenoxy) is 1. The molecule has 0 amide bonds. The molecule has 0 aromatic heterocycles. The van der Waals surface area contributed by atoms with Crippen molar-refractivity contribution >= 4 is 21.4 Å². The Balaban J connectivity index is 2.64. The van der Waals surface area contributed by atoms with Gasteiger partial charge >= 0.3 is 0 Å². The molecule has 0 aliphatic rings. The third-order valence-electron chi connectivity index (χ3n) is 3.13. The molecule has 0 aliphatic heterocycles. The second kappa shape index (κ2) is 6.45. The minimum atomic E-state index is -3.24. The summed E-state index contributed by atoms with van der Waals surface area (Å²) in [5.74, 6) is 0. The van der Waals surface area contributed by atoms with Crippen molar-refractivity contribution in [2.24, 2.45) is 0 Å². The molecule has 0 saturated carbocycles. The molecule has 0 aliphatic carbocycles. The molecule has 1 rings (SSSR count). The van der Waals surface area contributed by atoms with Crippen LogP contribution >= 0.6 is 0 Å². The Bertz CT molecular complexity index is 554. The maximum Gasteiger partial charge on any atom is 0.229 e. The van der Waals surface area contributed by atoms with Crippen LogP contribution in [0, 0.1) is 6.92 Å². The fraction of sp³-hybridized carbons (Fsp3) is 0.571. The van der Waals surface area contributed by atoms with Crippen LogP contribution in [-0.4, -0.2) is 33.9 Å². The molecule has 0 saturated heterocycles. The van der Waals surface area contributed by atoms with Crippen LogP contribution in [-0.2, 0) is 14.8 Å². The van der Waals surface area contributed by atoms with Gasteiger partial charge in [-0.05, 0) is 51.0 Å². The number of methoxy groups -OCH3 is 1. The SMILES string of the molecule is COC(C)(C)CCNc1ccc(NS(C)(=O)=O)c(C)c1. The summed E-state index contributed by atoms with van der Waals surface area (Å²) in [5, 5.41) is 3.31. The van der Waals surface area contributed by atoms with Crippen LogP contribution < -0.4 is 10.0 Å². The number of hydrogen-bond donors (Lipinski definition) is 2. The smallest absolute Gasteiger partial charge is 0.229 e. The van der Waals surface area contributed by atoms with Gasteiger partial charge in [-0.2, -0.15) is 0 Å². The Morgan fingerprint density at radius 1 is 1.30 bits per heavy atom.